The molecule has 5 heteroatoms. The second-order valence-electron chi connectivity index (χ2n) is 6.13. The van der Waals surface area contributed by atoms with Crippen LogP contribution >= 0.6 is 0 Å². The van der Waals surface area contributed by atoms with Gasteiger partial charge in [0.05, 0.1) is 11.0 Å². The van der Waals surface area contributed by atoms with Gasteiger partial charge in [0.15, 0.2) is 0 Å². The summed E-state index contributed by atoms with van der Waals surface area (Å²) >= 11 is 0. The van der Waals surface area contributed by atoms with Gasteiger partial charge in [0.25, 0.3) is 0 Å². The predicted molar refractivity (Wildman–Crippen MR) is 81.9 cm³/mol. The summed E-state index contributed by atoms with van der Waals surface area (Å²) in [5, 5.41) is 0. The number of aromatic amines is 1. The molecule has 3 heterocycles. The average molecular weight is 271 g/mol. The van der Waals surface area contributed by atoms with E-state index < -0.39 is 0 Å². The Morgan fingerprint density at radius 3 is 3.15 bits per heavy atom. The van der Waals surface area contributed by atoms with Crippen LogP contribution in [-0.2, 0) is 0 Å². The first-order chi connectivity index (χ1) is 9.70. The molecular formula is C15H21N5. The molecule has 20 heavy (non-hydrogen) atoms. The molecule has 2 atom stereocenters. The Morgan fingerprint density at radius 1 is 1.35 bits per heavy atom. The number of nitrogens with one attached hydrogen (secondary N) is 1. The Labute approximate surface area is 118 Å². The van der Waals surface area contributed by atoms with Crippen molar-refractivity contribution in [3.05, 3.63) is 18.2 Å². The van der Waals surface area contributed by atoms with Crippen LogP contribution in [0.25, 0.3) is 11.0 Å². The Morgan fingerprint density at radius 2 is 2.25 bits per heavy atom. The van der Waals surface area contributed by atoms with Crippen molar-refractivity contribution in [2.75, 3.05) is 30.3 Å². The molecule has 1 aromatic heterocycles. The number of rotatable bonds is 1. The molecule has 0 radical (unpaired) electrons. The molecule has 5 nitrogen and oxygen atoms in total. The van der Waals surface area contributed by atoms with E-state index in [0.717, 1.165) is 35.8 Å². The molecule has 2 aliphatic rings. The third-order valence-corrected chi connectivity index (χ3v) is 4.70. The summed E-state index contributed by atoms with van der Waals surface area (Å²) < 4.78 is 0. The van der Waals surface area contributed by atoms with Crippen molar-refractivity contribution in [3.8, 4) is 0 Å². The van der Waals surface area contributed by atoms with Crippen molar-refractivity contribution >= 4 is 22.7 Å². The van der Waals surface area contributed by atoms with Gasteiger partial charge < -0.3 is 15.6 Å². The number of nitrogen functional groups attached to an aromatic ring is 1. The number of nitrogens with two attached hydrogens (primary N) is 1. The molecular weight excluding hydrogens is 250 g/mol. The van der Waals surface area contributed by atoms with E-state index in [1.807, 2.05) is 18.2 Å². The van der Waals surface area contributed by atoms with Gasteiger partial charge in [-0.05, 0) is 44.5 Å². The smallest absolute Gasteiger partial charge is 0.204 e. The van der Waals surface area contributed by atoms with Gasteiger partial charge in [-0.15, -0.1) is 0 Å². The number of aromatic nitrogens is 2. The van der Waals surface area contributed by atoms with E-state index in [0.29, 0.717) is 12.1 Å². The Kier molecular flexibility index (Phi) is 2.63. The molecule has 2 saturated heterocycles. The van der Waals surface area contributed by atoms with Gasteiger partial charge in [-0.2, -0.15) is 0 Å². The molecule has 1 aromatic carbocycles. The maximum absolute atomic E-state index is 5.84. The normalized spacial score (nSPS) is 27.1. The average Bonchev–Trinajstić information content (AvgIpc) is 3.02. The van der Waals surface area contributed by atoms with Crippen molar-refractivity contribution in [1.29, 1.82) is 0 Å². The molecule has 0 saturated carbocycles. The van der Waals surface area contributed by atoms with Crippen molar-refractivity contribution in [2.45, 2.75) is 31.8 Å². The highest BCUT2D eigenvalue weighted by Crippen LogP contribution is 2.28. The van der Waals surface area contributed by atoms with Crippen molar-refractivity contribution in [1.82, 2.24) is 14.9 Å². The van der Waals surface area contributed by atoms with Crippen LogP contribution in [0.2, 0.25) is 0 Å². The molecule has 106 valence electrons. The monoisotopic (exact) mass is 271 g/mol. The van der Waals surface area contributed by atoms with Gasteiger partial charge in [0, 0.05) is 30.9 Å². The molecule has 3 N–H and O–H groups in total. The number of hydrogen-bond acceptors (Lipinski definition) is 4. The molecule has 2 aromatic rings. The van der Waals surface area contributed by atoms with E-state index in [1.54, 1.807) is 0 Å². The third-order valence-electron chi connectivity index (χ3n) is 4.70. The number of piperazine rings is 1. The van der Waals surface area contributed by atoms with Crippen LogP contribution in [-0.4, -0.2) is 46.6 Å². The first-order valence-corrected chi connectivity index (χ1v) is 7.46. The third kappa shape index (κ3) is 1.85. The second kappa shape index (κ2) is 4.38. The van der Waals surface area contributed by atoms with E-state index in [4.69, 9.17) is 10.7 Å². The van der Waals surface area contributed by atoms with Gasteiger partial charge in [-0.25, -0.2) is 4.98 Å². The number of H-pyrrole nitrogens is 1. The second-order valence-corrected chi connectivity index (χ2v) is 6.13. The van der Waals surface area contributed by atoms with E-state index in [1.165, 1.54) is 19.4 Å². The zero-order valence-corrected chi connectivity index (χ0v) is 11.8. The fourth-order valence-corrected chi connectivity index (χ4v) is 3.63. The van der Waals surface area contributed by atoms with Crippen molar-refractivity contribution in [3.63, 3.8) is 0 Å². The Hall–Kier alpha value is -1.75. The molecule has 2 fully saturated rings. The minimum atomic E-state index is 0.502. The lowest BCUT2D eigenvalue weighted by atomic mass is 10.1. The molecule has 0 aliphatic carbocycles. The molecule has 0 bridgehead atoms. The maximum atomic E-state index is 5.84. The van der Waals surface area contributed by atoms with Crippen LogP contribution in [0.15, 0.2) is 18.2 Å². The number of hydrogen-bond donors (Lipinski definition) is 2. The minimum Gasteiger partial charge on any atom is -0.399 e. The summed E-state index contributed by atoms with van der Waals surface area (Å²) in [6.07, 6.45) is 2.65. The summed E-state index contributed by atoms with van der Waals surface area (Å²) in [6, 6.07) is 7.06. The summed E-state index contributed by atoms with van der Waals surface area (Å²) in [5.74, 6) is 0.990. The molecule has 2 aliphatic heterocycles. The lowest BCUT2D eigenvalue weighted by Gasteiger charge is -2.42. The molecule has 4 rings (SSSR count). The SMILES string of the molecule is CC1CN2CCCC2CN1c1nc2ccc(N)cc2[nH]1. The molecule has 0 amide bonds. The first-order valence-electron chi connectivity index (χ1n) is 7.46. The van der Waals surface area contributed by atoms with Gasteiger partial charge in [-0.3, -0.25) is 4.90 Å². The van der Waals surface area contributed by atoms with Crippen LogP contribution in [0.5, 0.6) is 0 Å². The number of benzene rings is 1. The quantitative estimate of drug-likeness (QED) is 0.777. The maximum Gasteiger partial charge on any atom is 0.204 e. The molecule has 0 spiro atoms. The predicted octanol–water partition coefficient (Wildman–Crippen LogP) is 1.82. The van der Waals surface area contributed by atoms with E-state index in [-0.39, 0.29) is 0 Å². The zero-order valence-electron chi connectivity index (χ0n) is 11.8. The van der Waals surface area contributed by atoms with E-state index in [2.05, 4.69) is 21.7 Å². The first kappa shape index (κ1) is 12.0. The number of anilines is 2. The fourth-order valence-electron chi connectivity index (χ4n) is 3.63. The van der Waals surface area contributed by atoms with Crippen molar-refractivity contribution in [2.24, 2.45) is 0 Å². The van der Waals surface area contributed by atoms with Crippen LogP contribution in [0.4, 0.5) is 11.6 Å². The van der Waals surface area contributed by atoms with Gasteiger partial charge >= 0.3 is 0 Å². The highest BCUT2D eigenvalue weighted by atomic mass is 15.4. The topological polar surface area (TPSA) is 61.2 Å². The fraction of sp³-hybridized carbons (Fsp3) is 0.533. The number of nitrogens with zero attached hydrogens (tertiary/aromatic N) is 3. The van der Waals surface area contributed by atoms with Crippen molar-refractivity contribution < 1.29 is 0 Å². The van der Waals surface area contributed by atoms with Gasteiger partial charge in [-0.1, -0.05) is 0 Å². The zero-order chi connectivity index (χ0) is 13.7. The summed E-state index contributed by atoms with van der Waals surface area (Å²) in [7, 11) is 0. The summed E-state index contributed by atoms with van der Waals surface area (Å²) in [4.78, 5) is 13.2. The lowest BCUT2D eigenvalue weighted by Crippen LogP contribution is -2.55. The Balaban J connectivity index is 1.67. The molecule has 2 unspecified atom stereocenters. The highest BCUT2D eigenvalue weighted by molar-refractivity contribution is 5.81. The largest absolute Gasteiger partial charge is 0.399 e. The standard InChI is InChI=1S/C15H21N5/c1-10-8-19-6-2-3-12(19)9-20(10)15-17-13-5-4-11(16)7-14(13)18-15/h4-5,7,10,12H,2-3,6,8-9,16H2,1H3,(H,17,18). The Bertz CT molecular complexity index is 634. The summed E-state index contributed by atoms with van der Waals surface area (Å²) in [6.45, 7) is 5.77. The van der Waals surface area contributed by atoms with Crippen LogP contribution in [0.1, 0.15) is 19.8 Å². The number of fused-ring (bicyclic) bond motifs is 2. The van der Waals surface area contributed by atoms with Crippen LogP contribution in [0.3, 0.4) is 0 Å². The van der Waals surface area contributed by atoms with Gasteiger partial charge in [0.1, 0.15) is 0 Å². The van der Waals surface area contributed by atoms with E-state index >= 15 is 0 Å². The van der Waals surface area contributed by atoms with Crippen LogP contribution < -0.4 is 10.6 Å². The van der Waals surface area contributed by atoms with Gasteiger partial charge in [0.2, 0.25) is 5.95 Å². The lowest BCUT2D eigenvalue weighted by molar-refractivity contribution is 0.201. The summed E-state index contributed by atoms with van der Waals surface area (Å²) in [5.41, 5.74) is 8.64. The van der Waals surface area contributed by atoms with Crippen LogP contribution in [0, 0.1) is 0 Å². The van der Waals surface area contributed by atoms with E-state index in [9.17, 15) is 0 Å². The number of imidazole rings is 1. The minimum absolute atomic E-state index is 0.502. The highest BCUT2D eigenvalue weighted by Gasteiger charge is 2.35.